The molecular weight excluding hydrogens is 530 g/mol. The summed E-state index contributed by atoms with van der Waals surface area (Å²) >= 11 is 0. The summed E-state index contributed by atoms with van der Waals surface area (Å²) in [7, 11) is 0. The van der Waals surface area contributed by atoms with Crippen molar-refractivity contribution in [3.8, 4) is 33.4 Å². The van der Waals surface area contributed by atoms with E-state index in [1.807, 2.05) is 0 Å². The molecule has 210 valence electrons. The van der Waals surface area contributed by atoms with Crippen LogP contribution >= 0.6 is 0 Å². The number of hydrogen-bond donors (Lipinski definition) is 0. The zero-order chi connectivity index (χ0) is 29.7. The van der Waals surface area contributed by atoms with Crippen molar-refractivity contribution in [1.29, 1.82) is 0 Å². The Kier molecular flexibility index (Phi) is 6.20. The van der Waals surface area contributed by atoms with Gasteiger partial charge in [-0.2, -0.15) is 0 Å². The molecule has 1 nitrogen and oxygen atoms in total. The van der Waals surface area contributed by atoms with E-state index in [9.17, 15) is 0 Å². The van der Waals surface area contributed by atoms with Gasteiger partial charge in [0.15, 0.2) is 0 Å². The van der Waals surface area contributed by atoms with Gasteiger partial charge < -0.3 is 4.90 Å². The molecule has 0 aliphatic heterocycles. The van der Waals surface area contributed by atoms with Crippen LogP contribution in [0.3, 0.4) is 0 Å². The van der Waals surface area contributed by atoms with E-state index in [1.165, 1.54) is 55.3 Å². The van der Waals surface area contributed by atoms with Gasteiger partial charge in [-0.05, 0) is 91.7 Å². The van der Waals surface area contributed by atoms with E-state index in [0.717, 1.165) is 17.1 Å². The second kappa shape index (κ2) is 10.4. The maximum atomic E-state index is 2.36. The Labute approximate surface area is 259 Å². The summed E-state index contributed by atoms with van der Waals surface area (Å²) in [6.07, 6.45) is 0. The zero-order valence-electron chi connectivity index (χ0n) is 25.0. The molecule has 0 radical (unpaired) electrons. The molecule has 0 atom stereocenters. The number of benzene rings is 7. The number of para-hydroxylation sites is 1. The van der Waals surface area contributed by atoms with Gasteiger partial charge in [-0.1, -0.05) is 141 Å². The highest BCUT2D eigenvalue weighted by molar-refractivity contribution is 6.09. The number of rotatable bonds is 5. The summed E-state index contributed by atoms with van der Waals surface area (Å²) in [5, 5.41) is 2.68. The van der Waals surface area contributed by atoms with Gasteiger partial charge in [-0.25, -0.2) is 0 Å². The number of fused-ring (bicyclic) bond motifs is 2. The van der Waals surface area contributed by atoms with Gasteiger partial charge in [0.2, 0.25) is 0 Å². The summed E-state index contributed by atoms with van der Waals surface area (Å²) in [4.78, 5) is 2.33. The Bertz CT molecular complexity index is 2110. The average Bonchev–Trinajstić information content (AvgIpc) is 3.09. The van der Waals surface area contributed by atoms with Crippen LogP contribution in [-0.2, 0) is 5.41 Å². The number of hydrogen-bond acceptors (Lipinski definition) is 1. The molecule has 0 spiro atoms. The molecule has 7 aromatic carbocycles. The van der Waals surface area contributed by atoms with Gasteiger partial charge in [0.25, 0.3) is 0 Å². The van der Waals surface area contributed by atoms with E-state index in [0.29, 0.717) is 0 Å². The second-order valence-corrected chi connectivity index (χ2v) is 12.2. The summed E-state index contributed by atoms with van der Waals surface area (Å²) in [6, 6.07) is 59.5. The standard InChI is InChI=1S/C43H33N/c1-43(2)39-18-10-9-17-38(39)42-37(29-24-33-14-11-19-40(43)41(33)42)32-22-27-36(28-23-32)44(34-15-7-4-8-16-34)35-25-20-31(21-26-35)30-12-5-3-6-13-30/h3-29H,1-2H3. The predicted octanol–water partition coefficient (Wildman–Crippen LogP) is 11.9. The molecule has 0 N–H and O–H groups in total. The highest BCUT2D eigenvalue weighted by atomic mass is 15.1. The van der Waals surface area contributed by atoms with Crippen LogP contribution in [0.2, 0.25) is 0 Å². The Morgan fingerprint density at radius 2 is 0.932 bits per heavy atom. The summed E-state index contributed by atoms with van der Waals surface area (Å²) in [6.45, 7) is 4.71. The second-order valence-electron chi connectivity index (χ2n) is 12.2. The van der Waals surface area contributed by atoms with E-state index in [2.05, 4.69) is 183 Å². The topological polar surface area (TPSA) is 3.24 Å². The van der Waals surface area contributed by atoms with Crippen LogP contribution in [0.15, 0.2) is 164 Å². The highest BCUT2D eigenvalue weighted by Gasteiger charge is 2.34. The van der Waals surface area contributed by atoms with Gasteiger partial charge in [-0.3, -0.25) is 0 Å². The van der Waals surface area contributed by atoms with Gasteiger partial charge in [0, 0.05) is 22.5 Å². The first-order valence-electron chi connectivity index (χ1n) is 15.4. The lowest BCUT2D eigenvalue weighted by molar-refractivity contribution is 0.645. The smallest absolute Gasteiger partial charge is 0.0462 e. The lowest BCUT2D eigenvalue weighted by atomic mass is 9.67. The molecule has 1 aliphatic carbocycles. The molecule has 0 saturated heterocycles. The maximum Gasteiger partial charge on any atom is 0.0462 e. The minimum Gasteiger partial charge on any atom is -0.311 e. The Morgan fingerprint density at radius 3 is 1.64 bits per heavy atom. The van der Waals surface area contributed by atoms with Crippen molar-refractivity contribution >= 4 is 27.8 Å². The molecule has 44 heavy (non-hydrogen) atoms. The van der Waals surface area contributed by atoms with Crippen molar-refractivity contribution in [2.75, 3.05) is 4.90 Å². The molecule has 0 unspecified atom stereocenters. The van der Waals surface area contributed by atoms with E-state index >= 15 is 0 Å². The van der Waals surface area contributed by atoms with Crippen LogP contribution in [-0.4, -0.2) is 0 Å². The molecule has 7 aromatic rings. The predicted molar refractivity (Wildman–Crippen MR) is 187 cm³/mol. The first kappa shape index (κ1) is 26.2. The molecular formula is C43H33N. The van der Waals surface area contributed by atoms with Gasteiger partial charge >= 0.3 is 0 Å². The molecule has 1 aliphatic rings. The van der Waals surface area contributed by atoms with Crippen molar-refractivity contribution in [2.45, 2.75) is 19.3 Å². The van der Waals surface area contributed by atoms with E-state index in [1.54, 1.807) is 0 Å². The monoisotopic (exact) mass is 563 g/mol. The maximum absolute atomic E-state index is 2.36. The third-order valence-corrected chi connectivity index (χ3v) is 9.27. The summed E-state index contributed by atoms with van der Waals surface area (Å²) in [5.41, 5.74) is 13.7. The minimum atomic E-state index is -0.0577. The first-order chi connectivity index (χ1) is 21.6. The van der Waals surface area contributed by atoms with Crippen LogP contribution in [0.5, 0.6) is 0 Å². The molecule has 1 heteroatoms. The first-order valence-corrected chi connectivity index (χ1v) is 15.4. The fraction of sp³-hybridized carbons (Fsp3) is 0.0698. The van der Waals surface area contributed by atoms with Crippen molar-refractivity contribution in [1.82, 2.24) is 0 Å². The third kappa shape index (κ3) is 4.24. The van der Waals surface area contributed by atoms with Crippen molar-refractivity contribution in [3.63, 3.8) is 0 Å². The summed E-state index contributed by atoms with van der Waals surface area (Å²) < 4.78 is 0. The van der Waals surface area contributed by atoms with Crippen molar-refractivity contribution in [2.24, 2.45) is 0 Å². The lowest BCUT2D eigenvalue weighted by Crippen LogP contribution is -2.23. The molecule has 0 aromatic heterocycles. The average molecular weight is 564 g/mol. The lowest BCUT2D eigenvalue weighted by Gasteiger charge is -2.36. The molecule has 0 saturated carbocycles. The van der Waals surface area contributed by atoms with Crippen LogP contribution in [0.1, 0.15) is 25.0 Å². The number of anilines is 3. The van der Waals surface area contributed by atoms with E-state index < -0.39 is 0 Å². The molecule has 8 rings (SSSR count). The van der Waals surface area contributed by atoms with Gasteiger partial charge in [-0.15, -0.1) is 0 Å². The Balaban J connectivity index is 1.24. The normalized spacial score (nSPS) is 13.0. The number of nitrogens with zero attached hydrogens (tertiary/aromatic N) is 1. The van der Waals surface area contributed by atoms with Crippen LogP contribution in [0.4, 0.5) is 17.1 Å². The highest BCUT2D eigenvalue weighted by Crippen LogP contribution is 2.51. The molecule has 0 bridgehead atoms. The van der Waals surface area contributed by atoms with Crippen LogP contribution in [0, 0.1) is 0 Å². The quantitative estimate of drug-likeness (QED) is 0.201. The van der Waals surface area contributed by atoms with Crippen LogP contribution in [0.25, 0.3) is 44.2 Å². The fourth-order valence-electron chi connectivity index (χ4n) is 7.06. The molecule has 0 fully saturated rings. The SMILES string of the molecule is CC1(C)c2ccccc2-c2c(-c3ccc(N(c4ccccc4)c4ccc(-c5ccccc5)cc4)cc3)ccc3cccc1c23. The van der Waals surface area contributed by atoms with E-state index in [4.69, 9.17) is 0 Å². The third-order valence-electron chi connectivity index (χ3n) is 9.27. The van der Waals surface area contributed by atoms with Gasteiger partial charge in [0.1, 0.15) is 0 Å². The zero-order valence-corrected chi connectivity index (χ0v) is 25.0. The molecule has 0 heterocycles. The minimum absolute atomic E-state index is 0.0577. The largest absolute Gasteiger partial charge is 0.311 e. The van der Waals surface area contributed by atoms with Crippen molar-refractivity contribution < 1.29 is 0 Å². The molecule has 0 amide bonds. The van der Waals surface area contributed by atoms with Gasteiger partial charge in [0.05, 0.1) is 0 Å². The fourth-order valence-corrected chi connectivity index (χ4v) is 7.06. The van der Waals surface area contributed by atoms with Crippen molar-refractivity contribution in [3.05, 3.63) is 175 Å². The summed E-state index contributed by atoms with van der Waals surface area (Å²) in [5.74, 6) is 0. The Hall–Kier alpha value is -5.40. The van der Waals surface area contributed by atoms with Crippen LogP contribution < -0.4 is 4.90 Å². The Morgan fingerprint density at radius 1 is 0.386 bits per heavy atom. The van der Waals surface area contributed by atoms with E-state index in [-0.39, 0.29) is 5.41 Å².